The van der Waals surface area contributed by atoms with Gasteiger partial charge >= 0.3 is 0 Å². The molecular formula is C11H17N3. The first-order chi connectivity index (χ1) is 6.84. The largest absolute Gasteiger partial charge is 0.366 e. The summed E-state index contributed by atoms with van der Waals surface area (Å²) in [7, 11) is 0. The molecular weight excluding hydrogens is 174 g/mol. The predicted octanol–water partition coefficient (Wildman–Crippen LogP) is 2.42. The van der Waals surface area contributed by atoms with Crippen LogP contribution in [0.2, 0.25) is 0 Å². The maximum atomic E-state index is 4.39. The van der Waals surface area contributed by atoms with Crippen molar-refractivity contribution in [3.8, 4) is 0 Å². The van der Waals surface area contributed by atoms with E-state index >= 15 is 0 Å². The number of nitrogens with zero attached hydrogens (tertiary/aromatic N) is 1. The lowest BCUT2D eigenvalue weighted by Crippen LogP contribution is -2.08. The topological polar surface area (TPSA) is 40.7 Å². The second-order valence-electron chi connectivity index (χ2n) is 4.68. The van der Waals surface area contributed by atoms with Crippen LogP contribution in [0.25, 0.3) is 0 Å². The van der Waals surface area contributed by atoms with E-state index < -0.39 is 0 Å². The van der Waals surface area contributed by atoms with E-state index in [2.05, 4.69) is 22.4 Å². The first-order valence-corrected chi connectivity index (χ1v) is 5.68. The van der Waals surface area contributed by atoms with Crippen LogP contribution in [0.5, 0.6) is 0 Å². The van der Waals surface area contributed by atoms with Gasteiger partial charge in [-0.25, -0.2) is 0 Å². The molecule has 0 amide bonds. The van der Waals surface area contributed by atoms with Crippen molar-refractivity contribution in [3.05, 3.63) is 11.3 Å². The standard InChI is InChI=1S/C11H17N3/c1-7-3-2-4-9-10(7)13-14-11(9)12-8-5-6-8/h7-8H,2-6H2,1H3,(H2,12,13,14). The van der Waals surface area contributed by atoms with Crippen LogP contribution < -0.4 is 5.32 Å². The van der Waals surface area contributed by atoms with Gasteiger partial charge in [0.2, 0.25) is 0 Å². The minimum Gasteiger partial charge on any atom is -0.366 e. The van der Waals surface area contributed by atoms with Crippen molar-refractivity contribution in [2.75, 3.05) is 5.32 Å². The van der Waals surface area contributed by atoms with Gasteiger partial charge in [0.05, 0.1) is 0 Å². The lowest BCUT2D eigenvalue weighted by atomic mass is 9.89. The molecule has 0 spiro atoms. The summed E-state index contributed by atoms with van der Waals surface area (Å²) >= 11 is 0. The zero-order valence-electron chi connectivity index (χ0n) is 8.64. The fraction of sp³-hybridized carbons (Fsp3) is 0.727. The molecule has 1 aromatic rings. The second kappa shape index (κ2) is 3.01. The van der Waals surface area contributed by atoms with Crippen LogP contribution in [0.1, 0.15) is 49.8 Å². The average Bonchev–Trinajstić information content (AvgIpc) is 2.88. The molecule has 0 aliphatic heterocycles. The van der Waals surface area contributed by atoms with Gasteiger partial charge in [0, 0.05) is 17.3 Å². The monoisotopic (exact) mass is 191 g/mol. The van der Waals surface area contributed by atoms with E-state index in [0.29, 0.717) is 12.0 Å². The van der Waals surface area contributed by atoms with Gasteiger partial charge in [-0.3, -0.25) is 5.10 Å². The van der Waals surface area contributed by atoms with Crippen molar-refractivity contribution in [3.63, 3.8) is 0 Å². The van der Waals surface area contributed by atoms with Gasteiger partial charge in [0.25, 0.3) is 0 Å². The van der Waals surface area contributed by atoms with Gasteiger partial charge in [-0.05, 0) is 38.0 Å². The maximum Gasteiger partial charge on any atom is 0.151 e. The van der Waals surface area contributed by atoms with E-state index in [1.807, 2.05) is 0 Å². The van der Waals surface area contributed by atoms with Crippen molar-refractivity contribution in [1.82, 2.24) is 10.2 Å². The number of rotatable bonds is 2. The summed E-state index contributed by atoms with van der Waals surface area (Å²) in [5, 5.41) is 11.1. The number of hydrogen-bond acceptors (Lipinski definition) is 2. The lowest BCUT2D eigenvalue weighted by Gasteiger charge is -2.18. The van der Waals surface area contributed by atoms with E-state index in [9.17, 15) is 0 Å². The van der Waals surface area contributed by atoms with E-state index in [0.717, 1.165) is 5.82 Å². The SMILES string of the molecule is CC1CCCc2c(NC3CC3)n[nH]c21. The minimum absolute atomic E-state index is 0.668. The van der Waals surface area contributed by atoms with Crippen LogP contribution in [-0.4, -0.2) is 16.2 Å². The zero-order chi connectivity index (χ0) is 9.54. The summed E-state index contributed by atoms with van der Waals surface area (Å²) in [5.74, 6) is 1.80. The number of hydrogen-bond donors (Lipinski definition) is 2. The van der Waals surface area contributed by atoms with E-state index in [1.54, 1.807) is 0 Å². The van der Waals surface area contributed by atoms with Crippen LogP contribution in [0.3, 0.4) is 0 Å². The number of aromatic nitrogens is 2. The molecule has 0 radical (unpaired) electrons. The van der Waals surface area contributed by atoms with Crippen molar-refractivity contribution >= 4 is 5.82 Å². The van der Waals surface area contributed by atoms with Gasteiger partial charge in [-0.15, -0.1) is 0 Å². The highest BCUT2D eigenvalue weighted by Crippen LogP contribution is 2.35. The molecule has 1 aromatic heterocycles. The molecule has 1 atom stereocenters. The van der Waals surface area contributed by atoms with Crippen molar-refractivity contribution in [2.45, 2.75) is 51.0 Å². The van der Waals surface area contributed by atoms with E-state index in [-0.39, 0.29) is 0 Å². The van der Waals surface area contributed by atoms with Crippen LogP contribution in [0.15, 0.2) is 0 Å². The third-order valence-electron chi connectivity index (χ3n) is 3.37. The highest BCUT2D eigenvalue weighted by Gasteiger charge is 2.26. The molecule has 0 bridgehead atoms. The Hall–Kier alpha value is -0.990. The van der Waals surface area contributed by atoms with Crippen molar-refractivity contribution < 1.29 is 0 Å². The fourth-order valence-electron chi connectivity index (χ4n) is 2.31. The maximum absolute atomic E-state index is 4.39. The Morgan fingerprint density at radius 3 is 3.00 bits per heavy atom. The molecule has 14 heavy (non-hydrogen) atoms. The Balaban J connectivity index is 1.89. The number of aromatic amines is 1. The van der Waals surface area contributed by atoms with Gasteiger partial charge in [-0.2, -0.15) is 5.10 Å². The van der Waals surface area contributed by atoms with Crippen LogP contribution >= 0.6 is 0 Å². The van der Waals surface area contributed by atoms with Gasteiger partial charge in [-0.1, -0.05) is 6.92 Å². The summed E-state index contributed by atoms with van der Waals surface area (Å²) in [6.07, 6.45) is 6.45. The molecule has 1 unspecified atom stereocenters. The van der Waals surface area contributed by atoms with Crippen molar-refractivity contribution in [1.29, 1.82) is 0 Å². The molecule has 76 valence electrons. The Bertz CT molecular complexity index is 338. The van der Waals surface area contributed by atoms with Gasteiger partial charge in [0.1, 0.15) is 0 Å². The molecule has 0 saturated heterocycles. The Morgan fingerprint density at radius 1 is 1.36 bits per heavy atom. The Morgan fingerprint density at radius 2 is 2.21 bits per heavy atom. The predicted molar refractivity (Wildman–Crippen MR) is 56.6 cm³/mol. The van der Waals surface area contributed by atoms with E-state index in [4.69, 9.17) is 0 Å². The first-order valence-electron chi connectivity index (χ1n) is 5.68. The van der Waals surface area contributed by atoms with Gasteiger partial charge in [0.15, 0.2) is 5.82 Å². The third-order valence-corrected chi connectivity index (χ3v) is 3.37. The molecule has 1 heterocycles. The summed E-state index contributed by atoms with van der Waals surface area (Å²) < 4.78 is 0. The molecule has 2 aliphatic carbocycles. The number of nitrogens with one attached hydrogen (secondary N) is 2. The molecule has 1 saturated carbocycles. The van der Waals surface area contributed by atoms with Gasteiger partial charge < -0.3 is 5.32 Å². The third kappa shape index (κ3) is 1.31. The summed E-state index contributed by atoms with van der Waals surface area (Å²) in [6.45, 7) is 2.29. The Kier molecular flexibility index (Phi) is 1.79. The summed E-state index contributed by atoms with van der Waals surface area (Å²) in [5.41, 5.74) is 2.83. The van der Waals surface area contributed by atoms with Crippen LogP contribution in [0.4, 0.5) is 5.82 Å². The lowest BCUT2D eigenvalue weighted by molar-refractivity contribution is 0.578. The molecule has 1 fully saturated rings. The van der Waals surface area contributed by atoms with E-state index in [1.165, 1.54) is 43.4 Å². The molecule has 3 rings (SSSR count). The van der Waals surface area contributed by atoms with Crippen molar-refractivity contribution in [2.24, 2.45) is 0 Å². The second-order valence-corrected chi connectivity index (χ2v) is 4.68. The summed E-state index contributed by atoms with van der Waals surface area (Å²) in [6, 6.07) is 0.708. The smallest absolute Gasteiger partial charge is 0.151 e. The number of fused-ring (bicyclic) bond motifs is 1. The number of H-pyrrole nitrogens is 1. The summed E-state index contributed by atoms with van der Waals surface area (Å²) in [4.78, 5) is 0. The van der Waals surface area contributed by atoms with Crippen LogP contribution in [0, 0.1) is 0 Å². The fourth-order valence-corrected chi connectivity index (χ4v) is 2.31. The first kappa shape index (κ1) is 8.33. The molecule has 3 heteroatoms. The minimum atomic E-state index is 0.668. The zero-order valence-corrected chi connectivity index (χ0v) is 8.64. The highest BCUT2D eigenvalue weighted by molar-refractivity contribution is 5.50. The quantitative estimate of drug-likeness (QED) is 0.753. The normalized spacial score (nSPS) is 25.9. The average molecular weight is 191 g/mol. The Labute approximate surface area is 84.3 Å². The molecule has 3 nitrogen and oxygen atoms in total. The molecule has 2 aliphatic rings. The molecule has 0 aromatic carbocycles. The van der Waals surface area contributed by atoms with Crippen LogP contribution in [-0.2, 0) is 6.42 Å². The number of anilines is 1. The molecule has 2 N–H and O–H groups in total. The highest BCUT2D eigenvalue weighted by atomic mass is 15.2.